The lowest BCUT2D eigenvalue weighted by atomic mass is 10.3. The van der Waals surface area contributed by atoms with Gasteiger partial charge in [-0.25, -0.2) is 9.59 Å². The van der Waals surface area contributed by atoms with Crippen molar-refractivity contribution in [2.45, 2.75) is 39.9 Å². The highest BCUT2D eigenvalue weighted by molar-refractivity contribution is 6.42. The van der Waals surface area contributed by atoms with Crippen LogP contribution in [-0.4, -0.2) is 24.1 Å². The molecule has 0 atom stereocenters. The molecule has 0 radical (unpaired) electrons. The first-order valence-electron chi connectivity index (χ1n) is 7.04. The molecule has 0 aliphatic heterocycles. The van der Waals surface area contributed by atoms with Gasteiger partial charge in [-0.15, -0.1) is 0 Å². The average molecular weight is 360 g/mol. The third-order valence-electron chi connectivity index (χ3n) is 2.38. The molecule has 0 heterocycles. The molecule has 1 N–H and O–H groups in total. The molecule has 7 heteroatoms. The molecule has 1 aromatic carbocycles. The quantitative estimate of drug-likeness (QED) is 0.609. The average Bonchev–Trinajstić information content (AvgIpc) is 2.40. The first-order valence-corrected chi connectivity index (χ1v) is 7.80. The largest absolute Gasteiger partial charge is 0.460 e. The molecular formula is C16H19Cl2NO4. The van der Waals surface area contributed by atoms with Crippen molar-refractivity contribution in [2.75, 3.05) is 5.32 Å². The predicted octanol–water partition coefficient (Wildman–Crippen LogP) is 4.19. The number of halogens is 2. The van der Waals surface area contributed by atoms with Crippen LogP contribution in [-0.2, 0) is 19.1 Å². The van der Waals surface area contributed by atoms with E-state index in [4.69, 9.17) is 32.7 Å². The van der Waals surface area contributed by atoms with Crippen LogP contribution in [0.1, 0.15) is 27.7 Å². The Morgan fingerprint density at radius 1 is 1.04 bits per heavy atom. The number of hydrogen-bond donors (Lipinski definition) is 1. The van der Waals surface area contributed by atoms with Crippen LogP contribution in [0.5, 0.6) is 0 Å². The molecule has 0 amide bonds. The van der Waals surface area contributed by atoms with E-state index in [1.54, 1.807) is 39.8 Å². The van der Waals surface area contributed by atoms with Crippen molar-refractivity contribution in [1.82, 2.24) is 0 Å². The van der Waals surface area contributed by atoms with Gasteiger partial charge in [-0.3, -0.25) is 0 Å². The molecule has 0 fully saturated rings. The lowest BCUT2D eigenvalue weighted by molar-refractivity contribution is -0.145. The SMILES string of the molecule is CC(C)OC(=O)C=C(Nc1ccc(Cl)c(Cl)c1)C(=O)OC(C)C. The minimum absolute atomic E-state index is 0.0530. The Balaban J connectivity index is 3.02. The monoisotopic (exact) mass is 359 g/mol. The lowest BCUT2D eigenvalue weighted by Gasteiger charge is -2.14. The standard InChI is InChI=1S/C16H19Cl2NO4/c1-9(2)22-15(20)8-14(16(21)23-10(3)4)19-11-5-6-12(17)13(18)7-11/h5-10,19H,1-4H3. The number of esters is 2. The van der Waals surface area contributed by atoms with Gasteiger partial charge in [0.15, 0.2) is 0 Å². The first-order chi connectivity index (χ1) is 10.7. The Morgan fingerprint density at radius 2 is 1.65 bits per heavy atom. The van der Waals surface area contributed by atoms with E-state index in [1.807, 2.05) is 0 Å². The summed E-state index contributed by atoms with van der Waals surface area (Å²) < 4.78 is 10.1. The van der Waals surface area contributed by atoms with Crippen molar-refractivity contribution in [3.05, 3.63) is 40.0 Å². The summed E-state index contributed by atoms with van der Waals surface area (Å²) in [6, 6.07) is 4.73. The molecule has 5 nitrogen and oxygen atoms in total. The highest BCUT2D eigenvalue weighted by atomic mass is 35.5. The molecule has 126 valence electrons. The van der Waals surface area contributed by atoms with E-state index in [-0.39, 0.29) is 17.9 Å². The van der Waals surface area contributed by atoms with Gasteiger partial charge in [0.25, 0.3) is 0 Å². The zero-order valence-corrected chi connectivity index (χ0v) is 14.9. The fourth-order valence-electron chi connectivity index (χ4n) is 1.54. The van der Waals surface area contributed by atoms with E-state index >= 15 is 0 Å². The second kappa shape index (κ2) is 8.79. The van der Waals surface area contributed by atoms with Crippen LogP contribution >= 0.6 is 23.2 Å². The normalized spacial score (nSPS) is 11.6. The van der Waals surface area contributed by atoms with Gasteiger partial charge in [0.1, 0.15) is 5.70 Å². The second-order valence-electron chi connectivity index (χ2n) is 5.25. The number of carbonyl (C=O) groups is 2. The number of carbonyl (C=O) groups excluding carboxylic acids is 2. The fourth-order valence-corrected chi connectivity index (χ4v) is 1.84. The smallest absolute Gasteiger partial charge is 0.355 e. The number of nitrogens with one attached hydrogen (secondary N) is 1. The van der Waals surface area contributed by atoms with Crippen LogP contribution in [0.2, 0.25) is 10.0 Å². The zero-order chi connectivity index (χ0) is 17.6. The van der Waals surface area contributed by atoms with Crippen molar-refractivity contribution >= 4 is 40.8 Å². The molecule has 0 aliphatic carbocycles. The number of rotatable bonds is 6. The van der Waals surface area contributed by atoms with E-state index in [0.29, 0.717) is 15.7 Å². The summed E-state index contributed by atoms with van der Waals surface area (Å²) in [5, 5.41) is 3.50. The maximum atomic E-state index is 12.1. The maximum absolute atomic E-state index is 12.1. The highest BCUT2D eigenvalue weighted by Crippen LogP contribution is 2.25. The Labute approximate surface area is 145 Å². The van der Waals surface area contributed by atoms with Gasteiger partial charge in [-0.1, -0.05) is 23.2 Å². The third kappa shape index (κ3) is 6.93. The summed E-state index contributed by atoms with van der Waals surface area (Å²) in [5.74, 6) is -1.32. The summed E-state index contributed by atoms with van der Waals surface area (Å²) in [6.45, 7) is 6.84. The molecule has 0 aliphatic rings. The lowest BCUT2D eigenvalue weighted by Crippen LogP contribution is -2.21. The van der Waals surface area contributed by atoms with Gasteiger partial charge in [0.05, 0.1) is 28.3 Å². The van der Waals surface area contributed by atoms with Crippen LogP contribution in [0.4, 0.5) is 5.69 Å². The van der Waals surface area contributed by atoms with Crippen LogP contribution in [0.3, 0.4) is 0 Å². The topological polar surface area (TPSA) is 64.6 Å². The van der Waals surface area contributed by atoms with Gasteiger partial charge < -0.3 is 14.8 Å². The molecule has 0 saturated heterocycles. The van der Waals surface area contributed by atoms with Crippen LogP contribution in [0.15, 0.2) is 30.0 Å². The number of anilines is 1. The van der Waals surface area contributed by atoms with E-state index in [1.165, 1.54) is 6.07 Å². The van der Waals surface area contributed by atoms with E-state index in [9.17, 15) is 9.59 Å². The Bertz CT molecular complexity index is 612. The van der Waals surface area contributed by atoms with Crippen LogP contribution in [0.25, 0.3) is 0 Å². The Hall–Kier alpha value is -1.72. The molecular weight excluding hydrogens is 341 g/mol. The van der Waals surface area contributed by atoms with E-state index in [2.05, 4.69) is 5.32 Å². The summed E-state index contributed by atoms with van der Waals surface area (Å²) in [4.78, 5) is 23.9. The van der Waals surface area contributed by atoms with Gasteiger partial charge >= 0.3 is 11.9 Å². The summed E-state index contributed by atoms with van der Waals surface area (Å²) in [7, 11) is 0. The van der Waals surface area contributed by atoms with Crippen molar-refractivity contribution in [3.63, 3.8) is 0 Å². The third-order valence-corrected chi connectivity index (χ3v) is 3.11. The molecule has 1 aromatic rings. The van der Waals surface area contributed by atoms with Crippen molar-refractivity contribution in [2.24, 2.45) is 0 Å². The number of hydrogen-bond acceptors (Lipinski definition) is 5. The molecule has 0 saturated carbocycles. The molecule has 0 spiro atoms. The molecule has 1 rings (SSSR count). The number of benzene rings is 1. The highest BCUT2D eigenvalue weighted by Gasteiger charge is 2.16. The zero-order valence-electron chi connectivity index (χ0n) is 13.4. The van der Waals surface area contributed by atoms with Crippen LogP contribution < -0.4 is 5.32 Å². The van der Waals surface area contributed by atoms with E-state index in [0.717, 1.165) is 6.08 Å². The molecule has 0 unspecified atom stereocenters. The first kappa shape index (κ1) is 19.3. The summed E-state index contributed by atoms with van der Waals surface area (Å²) in [5.41, 5.74) is 0.437. The van der Waals surface area contributed by atoms with Crippen molar-refractivity contribution in [3.8, 4) is 0 Å². The summed E-state index contributed by atoms with van der Waals surface area (Å²) >= 11 is 11.8. The Morgan fingerprint density at radius 3 is 2.17 bits per heavy atom. The van der Waals surface area contributed by atoms with Gasteiger partial charge in [0.2, 0.25) is 0 Å². The van der Waals surface area contributed by atoms with Crippen molar-refractivity contribution in [1.29, 1.82) is 0 Å². The molecule has 23 heavy (non-hydrogen) atoms. The Kier molecular flexibility index (Phi) is 7.39. The van der Waals surface area contributed by atoms with Gasteiger partial charge in [0, 0.05) is 5.69 Å². The second-order valence-corrected chi connectivity index (χ2v) is 6.07. The molecule has 0 bridgehead atoms. The fraction of sp³-hybridized carbons (Fsp3) is 0.375. The molecule has 0 aromatic heterocycles. The van der Waals surface area contributed by atoms with Gasteiger partial charge in [-0.2, -0.15) is 0 Å². The van der Waals surface area contributed by atoms with Crippen LogP contribution in [0, 0.1) is 0 Å². The van der Waals surface area contributed by atoms with Gasteiger partial charge in [-0.05, 0) is 45.9 Å². The van der Waals surface area contributed by atoms with E-state index < -0.39 is 11.9 Å². The minimum atomic E-state index is -0.674. The summed E-state index contributed by atoms with van der Waals surface area (Å²) in [6.07, 6.45) is 0.418. The van der Waals surface area contributed by atoms with Crippen molar-refractivity contribution < 1.29 is 19.1 Å². The maximum Gasteiger partial charge on any atom is 0.355 e. The predicted molar refractivity (Wildman–Crippen MR) is 90.6 cm³/mol. The minimum Gasteiger partial charge on any atom is -0.460 e. The number of ether oxygens (including phenoxy) is 2.